The predicted molar refractivity (Wildman–Crippen MR) is 112 cm³/mol. The fraction of sp³-hybridized carbons (Fsp3) is 0.100. The highest BCUT2D eigenvalue weighted by atomic mass is 32.1. The molecule has 7 heteroatoms. The molecule has 1 aromatic heterocycles. The second kappa shape index (κ2) is 9.70. The summed E-state index contributed by atoms with van der Waals surface area (Å²) in [6.45, 7) is 0.856. The van der Waals surface area contributed by atoms with Gasteiger partial charge in [-0.2, -0.15) is 0 Å². The van der Waals surface area contributed by atoms with Gasteiger partial charge in [-0.15, -0.1) is 11.3 Å². The summed E-state index contributed by atoms with van der Waals surface area (Å²) >= 11 is 6.55. The number of ether oxygens (including phenoxy) is 2. The van der Waals surface area contributed by atoms with Crippen molar-refractivity contribution in [3.05, 3.63) is 77.0 Å². The van der Waals surface area contributed by atoms with Crippen molar-refractivity contribution in [2.24, 2.45) is 0 Å². The fourth-order valence-electron chi connectivity index (χ4n) is 2.23. The van der Waals surface area contributed by atoms with E-state index in [0.29, 0.717) is 23.8 Å². The number of nitrogens with one attached hydrogen (secondary N) is 2. The van der Waals surface area contributed by atoms with Crippen molar-refractivity contribution < 1.29 is 14.3 Å². The van der Waals surface area contributed by atoms with E-state index < -0.39 is 0 Å². The van der Waals surface area contributed by atoms with E-state index in [1.807, 2.05) is 66.0 Å². The van der Waals surface area contributed by atoms with Gasteiger partial charge in [-0.25, -0.2) is 0 Å². The molecular weight excluding hydrogens is 380 g/mol. The van der Waals surface area contributed by atoms with E-state index in [4.69, 9.17) is 21.7 Å². The Balaban J connectivity index is 1.45. The Bertz CT molecular complexity index is 883. The molecule has 3 rings (SSSR count). The zero-order valence-corrected chi connectivity index (χ0v) is 16.0. The van der Waals surface area contributed by atoms with E-state index in [-0.39, 0.29) is 11.0 Å². The first-order valence-electron chi connectivity index (χ1n) is 8.27. The van der Waals surface area contributed by atoms with Crippen LogP contribution in [-0.2, 0) is 0 Å². The van der Waals surface area contributed by atoms with Crippen molar-refractivity contribution in [3.8, 4) is 11.5 Å². The van der Waals surface area contributed by atoms with Gasteiger partial charge in [-0.1, -0.05) is 30.3 Å². The first kappa shape index (κ1) is 18.9. The largest absolute Gasteiger partial charge is 0.490 e. The highest BCUT2D eigenvalue weighted by Gasteiger charge is 2.08. The summed E-state index contributed by atoms with van der Waals surface area (Å²) < 4.78 is 11.3. The van der Waals surface area contributed by atoms with Gasteiger partial charge < -0.3 is 14.8 Å². The number of anilines is 1. The molecule has 0 unspecified atom stereocenters. The van der Waals surface area contributed by atoms with Gasteiger partial charge in [-0.05, 0) is 47.9 Å². The molecule has 0 saturated carbocycles. The number of carbonyl (C=O) groups is 1. The number of hydrogen-bond donors (Lipinski definition) is 2. The van der Waals surface area contributed by atoms with Crippen LogP contribution in [0.2, 0.25) is 0 Å². The predicted octanol–water partition coefficient (Wildman–Crippen LogP) is 4.33. The quantitative estimate of drug-likeness (QED) is 0.458. The summed E-state index contributed by atoms with van der Waals surface area (Å²) in [6, 6.07) is 20.5. The van der Waals surface area contributed by atoms with E-state index in [1.165, 1.54) is 11.3 Å². The summed E-state index contributed by atoms with van der Waals surface area (Å²) in [5.41, 5.74) is 0.730. The zero-order chi connectivity index (χ0) is 18.9. The van der Waals surface area contributed by atoms with Crippen LogP contribution in [0.5, 0.6) is 11.5 Å². The number of carbonyl (C=O) groups excluding carboxylic acids is 1. The highest BCUT2D eigenvalue weighted by Crippen LogP contribution is 2.17. The Morgan fingerprint density at radius 1 is 0.926 bits per heavy atom. The van der Waals surface area contributed by atoms with Crippen molar-refractivity contribution in [2.45, 2.75) is 0 Å². The molecule has 0 aliphatic rings. The van der Waals surface area contributed by atoms with Crippen LogP contribution in [0.1, 0.15) is 9.67 Å². The van der Waals surface area contributed by atoms with Gasteiger partial charge in [0.25, 0.3) is 5.91 Å². The van der Waals surface area contributed by atoms with E-state index in [9.17, 15) is 4.79 Å². The first-order chi connectivity index (χ1) is 13.2. The minimum Gasteiger partial charge on any atom is -0.490 e. The Morgan fingerprint density at radius 2 is 1.67 bits per heavy atom. The molecule has 0 bridgehead atoms. The van der Waals surface area contributed by atoms with Crippen LogP contribution in [0, 0.1) is 0 Å². The van der Waals surface area contributed by atoms with Gasteiger partial charge in [-0.3, -0.25) is 10.1 Å². The molecule has 0 fully saturated rings. The molecule has 0 spiro atoms. The van der Waals surface area contributed by atoms with Crippen LogP contribution in [0.3, 0.4) is 0 Å². The minimum absolute atomic E-state index is 0.229. The van der Waals surface area contributed by atoms with Crippen LogP contribution < -0.4 is 20.1 Å². The SMILES string of the molecule is O=C(NC(=S)Nc1cccc(OCCOc2ccccc2)c1)c1cccs1. The summed E-state index contributed by atoms with van der Waals surface area (Å²) in [7, 11) is 0. The third kappa shape index (κ3) is 6.09. The molecule has 1 amide bonds. The van der Waals surface area contributed by atoms with Crippen LogP contribution in [0.15, 0.2) is 72.1 Å². The van der Waals surface area contributed by atoms with Crippen LogP contribution in [0.25, 0.3) is 0 Å². The van der Waals surface area contributed by atoms with Crippen LogP contribution in [0.4, 0.5) is 5.69 Å². The average molecular weight is 399 g/mol. The van der Waals surface area contributed by atoms with Crippen molar-refractivity contribution in [1.82, 2.24) is 5.32 Å². The Labute approximate surface area is 166 Å². The summed E-state index contributed by atoms with van der Waals surface area (Å²) in [5.74, 6) is 1.26. The number of amides is 1. The van der Waals surface area contributed by atoms with Gasteiger partial charge >= 0.3 is 0 Å². The molecule has 2 aromatic carbocycles. The Hall–Kier alpha value is -2.90. The summed E-state index contributed by atoms with van der Waals surface area (Å²) in [6.07, 6.45) is 0. The van der Waals surface area contributed by atoms with Gasteiger partial charge in [0.15, 0.2) is 5.11 Å². The lowest BCUT2D eigenvalue weighted by atomic mass is 10.3. The lowest BCUT2D eigenvalue weighted by molar-refractivity contribution is 0.0981. The molecule has 1 heterocycles. The first-order valence-corrected chi connectivity index (χ1v) is 9.56. The molecule has 0 aliphatic heterocycles. The molecule has 0 saturated heterocycles. The third-order valence-electron chi connectivity index (χ3n) is 3.43. The second-order valence-corrected chi connectivity index (χ2v) is 6.78. The van der Waals surface area contributed by atoms with E-state index in [1.54, 1.807) is 6.07 Å². The average Bonchev–Trinajstić information content (AvgIpc) is 3.21. The summed E-state index contributed by atoms with van der Waals surface area (Å²) in [4.78, 5) is 12.6. The van der Waals surface area contributed by atoms with Gasteiger partial charge in [0.1, 0.15) is 24.7 Å². The number of thiophene rings is 1. The molecule has 3 aromatic rings. The molecule has 27 heavy (non-hydrogen) atoms. The van der Waals surface area contributed by atoms with E-state index in [0.717, 1.165) is 11.4 Å². The normalized spacial score (nSPS) is 10.1. The maximum absolute atomic E-state index is 12.0. The smallest absolute Gasteiger partial charge is 0.267 e. The molecule has 0 aliphatic carbocycles. The number of rotatable bonds is 7. The lowest BCUT2D eigenvalue weighted by Gasteiger charge is -2.11. The molecule has 0 radical (unpaired) electrons. The van der Waals surface area contributed by atoms with E-state index in [2.05, 4.69) is 10.6 Å². The number of hydrogen-bond acceptors (Lipinski definition) is 5. The number of para-hydroxylation sites is 1. The Kier molecular flexibility index (Phi) is 6.78. The van der Waals surface area contributed by atoms with Crippen molar-refractivity contribution in [1.29, 1.82) is 0 Å². The second-order valence-electron chi connectivity index (χ2n) is 5.42. The molecule has 0 atom stereocenters. The molecule has 138 valence electrons. The van der Waals surface area contributed by atoms with Crippen molar-refractivity contribution >= 4 is 40.3 Å². The minimum atomic E-state index is -0.229. The summed E-state index contributed by atoms with van der Waals surface area (Å²) in [5, 5.41) is 7.71. The topological polar surface area (TPSA) is 59.6 Å². The van der Waals surface area contributed by atoms with Gasteiger partial charge in [0.2, 0.25) is 0 Å². The van der Waals surface area contributed by atoms with Crippen molar-refractivity contribution in [3.63, 3.8) is 0 Å². The maximum atomic E-state index is 12.0. The molecular formula is C20H18N2O3S2. The third-order valence-corrected chi connectivity index (χ3v) is 4.50. The maximum Gasteiger partial charge on any atom is 0.267 e. The van der Waals surface area contributed by atoms with Crippen molar-refractivity contribution in [2.75, 3.05) is 18.5 Å². The molecule has 5 nitrogen and oxygen atoms in total. The molecule has 2 N–H and O–H groups in total. The van der Waals surface area contributed by atoms with E-state index >= 15 is 0 Å². The highest BCUT2D eigenvalue weighted by molar-refractivity contribution is 7.80. The van der Waals surface area contributed by atoms with Gasteiger partial charge in [0.05, 0.1) is 4.88 Å². The van der Waals surface area contributed by atoms with Crippen LogP contribution in [-0.4, -0.2) is 24.2 Å². The van der Waals surface area contributed by atoms with Gasteiger partial charge in [0, 0.05) is 11.8 Å². The van der Waals surface area contributed by atoms with Crippen LogP contribution >= 0.6 is 23.6 Å². The zero-order valence-electron chi connectivity index (χ0n) is 14.4. The number of thiocarbonyl (C=S) groups is 1. The standard InChI is InChI=1S/C20H18N2O3S2/c23-19(18-10-5-13-27-18)22-20(26)21-15-6-4-9-17(14-15)25-12-11-24-16-7-2-1-3-8-16/h1-10,13-14H,11-12H2,(H2,21,22,23,26). The monoisotopic (exact) mass is 398 g/mol. The number of benzene rings is 2. The lowest BCUT2D eigenvalue weighted by Crippen LogP contribution is -2.33. The fourth-order valence-corrected chi connectivity index (χ4v) is 3.06. The Morgan fingerprint density at radius 3 is 2.41 bits per heavy atom.